The molecule has 0 aliphatic carbocycles. The number of halogens is 1. The quantitative estimate of drug-likeness (QED) is 0.891. The number of ether oxygens (including phenoxy) is 1. The van der Waals surface area contributed by atoms with Gasteiger partial charge in [-0.25, -0.2) is 4.79 Å². The molecule has 5 nitrogen and oxygen atoms in total. The summed E-state index contributed by atoms with van der Waals surface area (Å²) < 4.78 is 6.04. The van der Waals surface area contributed by atoms with Crippen LogP contribution >= 0.6 is 15.9 Å². The third-order valence-corrected chi connectivity index (χ3v) is 3.62. The van der Waals surface area contributed by atoms with Crippen molar-refractivity contribution in [3.05, 3.63) is 28.2 Å². The lowest BCUT2D eigenvalue weighted by atomic mass is 10.1. The Kier molecular flexibility index (Phi) is 4.55. The summed E-state index contributed by atoms with van der Waals surface area (Å²) in [5.41, 5.74) is 0.596. The molecule has 1 amide bonds. The van der Waals surface area contributed by atoms with Crippen LogP contribution in [0.25, 0.3) is 0 Å². The van der Waals surface area contributed by atoms with Gasteiger partial charge in [-0.2, -0.15) is 0 Å². The number of nitrogens with one attached hydrogen (secondary N) is 1. The molecule has 1 aromatic carbocycles. The topological polar surface area (TPSA) is 75.6 Å². The molecule has 1 aliphatic heterocycles. The first-order valence-corrected chi connectivity index (χ1v) is 6.80. The van der Waals surface area contributed by atoms with E-state index < -0.39 is 5.97 Å². The molecule has 102 valence electrons. The zero-order valence-electron chi connectivity index (χ0n) is 10.2. The summed E-state index contributed by atoms with van der Waals surface area (Å²) in [6.07, 6.45) is 2.14. The molecule has 1 atom stereocenters. The van der Waals surface area contributed by atoms with Crippen molar-refractivity contribution >= 4 is 33.5 Å². The summed E-state index contributed by atoms with van der Waals surface area (Å²) in [6.45, 7) is 0.705. The number of hydrogen-bond donors (Lipinski definition) is 2. The number of hydrogen-bond acceptors (Lipinski definition) is 3. The molecule has 0 aromatic heterocycles. The molecule has 2 rings (SSSR count). The van der Waals surface area contributed by atoms with Crippen molar-refractivity contribution in [3.63, 3.8) is 0 Å². The van der Waals surface area contributed by atoms with E-state index in [9.17, 15) is 9.59 Å². The number of benzene rings is 1. The van der Waals surface area contributed by atoms with E-state index in [4.69, 9.17) is 9.84 Å². The standard InChI is InChI=1S/C13H14BrNO4/c14-10-4-3-8(13(17)18)6-11(10)15-12(16)7-9-2-1-5-19-9/h3-4,6,9H,1-2,5,7H2,(H,15,16)(H,17,18). The lowest BCUT2D eigenvalue weighted by Gasteiger charge is -2.11. The lowest BCUT2D eigenvalue weighted by molar-refractivity contribution is -0.118. The largest absolute Gasteiger partial charge is 0.478 e. The fourth-order valence-corrected chi connectivity index (χ4v) is 2.31. The molecule has 19 heavy (non-hydrogen) atoms. The summed E-state index contributed by atoms with van der Waals surface area (Å²) in [6, 6.07) is 4.51. The second kappa shape index (κ2) is 6.16. The zero-order valence-corrected chi connectivity index (χ0v) is 11.8. The number of carboxylic acids is 1. The van der Waals surface area contributed by atoms with Gasteiger partial charge in [0.25, 0.3) is 0 Å². The lowest BCUT2D eigenvalue weighted by Crippen LogP contribution is -2.19. The Labute approximate surface area is 119 Å². The Hall–Kier alpha value is -1.40. The fraction of sp³-hybridized carbons (Fsp3) is 0.385. The number of rotatable bonds is 4. The van der Waals surface area contributed by atoms with Gasteiger partial charge in [-0.05, 0) is 47.0 Å². The van der Waals surface area contributed by atoms with Crippen molar-refractivity contribution in [1.82, 2.24) is 0 Å². The molecular weight excluding hydrogens is 314 g/mol. The summed E-state index contributed by atoms with van der Waals surface area (Å²) in [7, 11) is 0. The highest BCUT2D eigenvalue weighted by atomic mass is 79.9. The van der Waals surface area contributed by atoms with Crippen LogP contribution in [-0.2, 0) is 9.53 Å². The van der Waals surface area contributed by atoms with Crippen LogP contribution < -0.4 is 5.32 Å². The van der Waals surface area contributed by atoms with E-state index in [1.54, 1.807) is 6.07 Å². The van der Waals surface area contributed by atoms with Crippen LogP contribution in [0, 0.1) is 0 Å². The first kappa shape index (κ1) is 14.0. The Morgan fingerprint density at radius 1 is 1.47 bits per heavy atom. The van der Waals surface area contributed by atoms with Crippen molar-refractivity contribution in [3.8, 4) is 0 Å². The Bertz CT molecular complexity index is 497. The van der Waals surface area contributed by atoms with Crippen LogP contribution in [0.3, 0.4) is 0 Å². The van der Waals surface area contributed by atoms with E-state index >= 15 is 0 Å². The molecule has 1 unspecified atom stereocenters. The minimum atomic E-state index is -1.03. The van der Waals surface area contributed by atoms with Gasteiger partial charge < -0.3 is 15.2 Å². The predicted octanol–water partition coefficient (Wildman–Crippen LogP) is 2.65. The molecule has 0 spiro atoms. The van der Waals surface area contributed by atoms with Crippen molar-refractivity contribution in [1.29, 1.82) is 0 Å². The molecule has 1 aromatic rings. The van der Waals surface area contributed by atoms with E-state index in [0.29, 0.717) is 23.2 Å². The van der Waals surface area contributed by atoms with Gasteiger partial charge in [-0.1, -0.05) is 0 Å². The van der Waals surface area contributed by atoms with Gasteiger partial charge in [0, 0.05) is 11.1 Å². The number of carbonyl (C=O) groups excluding carboxylic acids is 1. The van der Waals surface area contributed by atoms with Crippen molar-refractivity contribution in [2.24, 2.45) is 0 Å². The summed E-state index contributed by atoms with van der Waals surface area (Å²) in [4.78, 5) is 22.7. The van der Waals surface area contributed by atoms with E-state index in [-0.39, 0.29) is 17.6 Å². The number of carboxylic acid groups (broad SMARTS) is 1. The van der Waals surface area contributed by atoms with E-state index in [0.717, 1.165) is 12.8 Å². The smallest absolute Gasteiger partial charge is 0.335 e. The highest BCUT2D eigenvalue weighted by Gasteiger charge is 2.19. The average Bonchev–Trinajstić information content (AvgIpc) is 2.84. The number of anilines is 1. The molecule has 1 heterocycles. The van der Waals surface area contributed by atoms with Crippen LogP contribution in [0.5, 0.6) is 0 Å². The van der Waals surface area contributed by atoms with Gasteiger partial charge in [-0.15, -0.1) is 0 Å². The summed E-state index contributed by atoms with van der Waals surface area (Å²) in [5.74, 6) is -1.20. The third-order valence-electron chi connectivity index (χ3n) is 2.92. The first-order chi connectivity index (χ1) is 9.06. The second-order valence-corrected chi connectivity index (χ2v) is 5.24. The maximum absolute atomic E-state index is 11.8. The SMILES string of the molecule is O=C(CC1CCCO1)Nc1cc(C(=O)O)ccc1Br. The molecular formula is C13H14BrNO4. The normalized spacial score (nSPS) is 18.3. The first-order valence-electron chi connectivity index (χ1n) is 6.00. The number of amides is 1. The molecule has 0 bridgehead atoms. The minimum Gasteiger partial charge on any atom is -0.478 e. The average molecular weight is 328 g/mol. The summed E-state index contributed by atoms with van der Waals surface area (Å²) >= 11 is 3.28. The van der Waals surface area contributed by atoms with Crippen molar-refractivity contribution in [2.45, 2.75) is 25.4 Å². The van der Waals surface area contributed by atoms with E-state index in [1.807, 2.05) is 0 Å². The van der Waals surface area contributed by atoms with Crippen LogP contribution in [-0.4, -0.2) is 29.7 Å². The molecule has 0 saturated carbocycles. The molecule has 0 radical (unpaired) electrons. The minimum absolute atomic E-state index is 0.0265. The predicted molar refractivity (Wildman–Crippen MR) is 73.3 cm³/mol. The molecule has 1 aliphatic rings. The van der Waals surface area contributed by atoms with Crippen LogP contribution in [0.2, 0.25) is 0 Å². The van der Waals surface area contributed by atoms with Crippen LogP contribution in [0.1, 0.15) is 29.6 Å². The zero-order chi connectivity index (χ0) is 13.8. The Morgan fingerprint density at radius 3 is 2.89 bits per heavy atom. The second-order valence-electron chi connectivity index (χ2n) is 4.39. The number of carbonyl (C=O) groups is 2. The van der Waals surface area contributed by atoms with Crippen LogP contribution in [0.4, 0.5) is 5.69 Å². The number of aromatic carboxylic acids is 1. The highest BCUT2D eigenvalue weighted by Crippen LogP contribution is 2.24. The Balaban J connectivity index is 2.02. The molecule has 2 N–H and O–H groups in total. The highest BCUT2D eigenvalue weighted by molar-refractivity contribution is 9.10. The third kappa shape index (κ3) is 3.78. The molecule has 1 saturated heterocycles. The maximum Gasteiger partial charge on any atom is 0.335 e. The van der Waals surface area contributed by atoms with Gasteiger partial charge in [0.15, 0.2) is 0 Å². The Morgan fingerprint density at radius 2 is 2.26 bits per heavy atom. The summed E-state index contributed by atoms with van der Waals surface area (Å²) in [5, 5.41) is 11.6. The monoisotopic (exact) mass is 327 g/mol. The fourth-order valence-electron chi connectivity index (χ4n) is 1.97. The van der Waals surface area contributed by atoms with E-state index in [1.165, 1.54) is 12.1 Å². The van der Waals surface area contributed by atoms with E-state index in [2.05, 4.69) is 21.2 Å². The molecule has 1 fully saturated rings. The van der Waals surface area contributed by atoms with Gasteiger partial charge in [0.2, 0.25) is 5.91 Å². The van der Waals surface area contributed by atoms with Gasteiger partial charge in [0.1, 0.15) is 0 Å². The van der Waals surface area contributed by atoms with Crippen molar-refractivity contribution in [2.75, 3.05) is 11.9 Å². The van der Waals surface area contributed by atoms with Gasteiger partial charge in [0.05, 0.1) is 23.8 Å². The maximum atomic E-state index is 11.8. The van der Waals surface area contributed by atoms with Crippen molar-refractivity contribution < 1.29 is 19.4 Å². The van der Waals surface area contributed by atoms with Crippen LogP contribution in [0.15, 0.2) is 22.7 Å². The van der Waals surface area contributed by atoms with Gasteiger partial charge >= 0.3 is 5.97 Å². The molecule has 6 heteroatoms. The van der Waals surface area contributed by atoms with Gasteiger partial charge in [-0.3, -0.25) is 4.79 Å².